The van der Waals surface area contributed by atoms with E-state index in [4.69, 9.17) is 16.5 Å². The van der Waals surface area contributed by atoms with Crippen molar-refractivity contribution >= 4 is 39.5 Å². The van der Waals surface area contributed by atoms with Gasteiger partial charge in [-0.2, -0.15) is 0 Å². The lowest BCUT2D eigenvalue weighted by atomic mass is 9.73. The van der Waals surface area contributed by atoms with E-state index in [1.54, 1.807) is 11.1 Å². The molecule has 0 amide bonds. The van der Waals surface area contributed by atoms with Crippen LogP contribution in [0, 0.1) is 0 Å². The van der Waals surface area contributed by atoms with E-state index in [0.29, 0.717) is 11.7 Å². The van der Waals surface area contributed by atoms with E-state index >= 15 is 0 Å². The highest BCUT2D eigenvalue weighted by Gasteiger charge is 2.28. The highest BCUT2D eigenvalue weighted by atomic mass is 15.0. The first-order valence-corrected chi connectivity index (χ1v) is 18.4. The molecule has 5 aromatic carbocycles. The number of hydrogen-bond donors (Lipinski definition) is 0. The molecule has 2 aliphatic carbocycles. The number of nitrogens with zero attached hydrogens (tertiary/aromatic N) is 3. The van der Waals surface area contributed by atoms with Gasteiger partial charge in [0.05, 0.1) is 29.1 Å². The van der Waals surface area contributed by atoms with Crippen molar-refractivity contribution in [3.63, 3.8) is 0 Å². The van der Waals surface area contributed by atoms with Crippen LogP contribution in [0.3, 0.4) is 0 Å². The fourth-order valence-corrected chi connectivity index (χ4v) is 8.45. The second-order valence-corrected chi connectivity index (χ2v) is 14.0. The molecule has 2 aromatic heterocycles. The van der Waals surface area contributed by atoms with Crippen LogP contribution in [0.25, 0.3) is 67.7 Å². The SMILES string of the molecule is C=C(c1ccc(-c2ncc(-n3c4ccccc4c4ccccc43)cn2)cc1)c1ccccc1-c1c2c(c3c(c1C(C)CC)C=CCC3)CCC=C2. The topological polar surface area (TPSA) is 30.7 Å². The first-order valence-electron chi connectivity index (χ1n) is 18.4. The van der Waals surface area contributed by atoms with Gasteiger partial charge in [-0.1, -0.05) is 130 Å². The van der Waals surface area contributed by atoms with Crippen LogP contribution in [-0.4, -0.2) is 14.5 Å². The average molecular weight is 660 g/mol. The first-order chi connectivity index (χ1) is 25.1. The summed E-state index contributed by atoms with van der Waals surface area (Å²) in [5.41, 5.74) is 17.7. The van der Waals surface area contributed by atoms with Crippen molar-refractivity contribution in [2.75, 3.05) is 0 Å². The molecular formula is C48H41N3. The summed E-state index contributed by atoms with van der Waals surface area (Å²) in [6.45, 7) is 9.42. The van der Waals surface area contributed by atoms with E-state index in [0.717, 1.165) is 65.5 Å². The number of para-hydroxylation sites is 2. The molecule has 9 rings (SSSR count). The van der Waals surface area contributed by atoms with Gasteiger partial charge in [-0.05, 0) is 106 Å². The Bertz CT molecular complexity index is 2470. The van der Waals surface area contributed by atoms with Crippen molar-refractivity contribution in [3.05, 3.63) is 167 Å². The minimum atomic E-state index is 0.444. The molecule has 3 heteroatoms. The second kappa shape index (κ2) is 12.8. The maximum Gasteiger partial charge on any atom is 0.159 e. The number of fused-ring (bicyclic) bond motifs is 6. The zero-order valence-electron chi connectivity index (χ0n) is 29.4. The van der Waals surface area contributed by atoms with E-state index in [-0.39, 0.29) is 0 Å². The van der Waals surface area contributed by atoms with Gasteiger partial charge < -0.3 is 4.57 Å². The Morgan fingerprint density at radius 2 is 1.31 bits per heavy atom. The first kappa shape index (κ1) is 31.2. The van der Waals surface area contributed by atoms with Gasteiger partial charge in [-0.3, -0.25) is 0 Å². The summed E-state index contributed by atoms with van der Waals surface area (Å²) in [7, 11) is 0. The summed E-state index contributed by atoms with van der Waals surface area (Å²) in [6, 6.07) is 34.5. The molecule has 0 bridgehead atoms. The highest BCUT2D eigenvalue weighted by molar-refractivity contribution is 6.09. The van der Waals surface area contributed by atoms with Gasteiger partial charge in [0.15, 0.2) is 5.82 Å². The van der Waals surface area contributed by atoms with E-state index < -0.39 is 0 Å². The fourth-order valence-electron chi connectivity index (χ4n) is 8.45. The minimum absolute atomic E-state index is 0.444. The van der Waals surface area contributed by atoms with Crippen molar-refractivity contribution in [1.82, 2.24) is 14.5 Å². The third-order valence-electron chi connectivity index (χ3n) is 11.1. The zero-order chi connectivity index (χ0) is 34.5. The lowest BCUT2D eigenvalue weighted by molar-refractivity contribution is 0.728. The van der Waals surface area contributed by atoms with E-state index in [9.17, 15) is 0 Å². The average Bonchev–Trinajstić information content (AvgIpc) is 3.54. The third-order valence-corrected chi connectivity index (χ3v) is 11.1. The quantitative estimate of drug-likeness (QED) is 0.170. The maximum atomic E-state index is 4.85. The molecule has 2 heterocycles. The van der Waals surface area contributed by atoms with Crippen LogP contribution in [0.15, 0.2) is 128 Å². The monoisotopic (exact) mass is 659 g/mol. The number of hydrogen-bond acceptors (Lipinski definition) is 2. The van der Waals surface area contributed by atoms with E-state index in [1.807, 2.05) is 12.4 Å². The van der Waals surface area contributed by atoms with Gasteiger partial charge in [-0.15, -0.1) is 0 Å². The van der Waals surface area contributed by atoms with Crippen molar-refractivity contribution in [2.24, 2.45) is 0 Å². The largest absolute Gasteiger partial charge is 0.306 e. The highest BCUT2D eigenvalue weighted by Crippen LogP contribution is 2.47. The predicted octanol–water partition coefficient (Wildman–Crippen LogP) is 12.4. The molecule has 0 fully saturated rings. The van der Waals surface area contributed by atoms with Crippen molar-refractivity contribution in [2.45, 2.75) is 51.9 Å². The molecule has 1 atom stereocenters. The van der Waals surface area contributed by atoms with Gasteiger partial charge in [0, 0.05) is 16.3 Å². The third kappa shape index (κ3) is 5.19. The van der Waals surface area contributed by atoms with Crippen molar-refractivity contribution in [3.8, 4) is 28.2 Å². The molecule has 0 saturated carbocycles. The van der Waals surface area contributed by atoms with Gasteiger partial charge in [-0.25, -0.2) is 9.97 Å². The molecular weight excluding hydrogens is 619 g/mol. The summed E-state index contributed by atoms with van der Waals surface area (Å²) >= 11 is 0. The van der Waals surface area contributed by atoms with E-state index in [2.05, 4.69) is 140 Å². The molecule has 51 heavy (non-hydrogen) atoms. The fraction of sp³-hybridized carbons (Fsp3) is 0.167. The molecule has 1 unspecified atom stereocenters. The number of benzene rings is 5. The van der Waals surface area contributed by atoms with Crippen LogP contribution in [0.5, 0.6) is 0 Å². The van der Waals surface area contributed by atoms with Crippen molar-refractivity contribution in [1.29, 1.82) is 0 Å². The summed E-state index contributed by atoms with van der Waals surface area (Å²) in [4.78, 5) is 9.70. The summed E-state index contributed by atoms with van der Waals surface area (Å²) < 4.78 is 2.25. The Kier molecular flexibility index (Phi) is 7.85. The van der Waals surface area contributed by atoms with Gasteiger partial charge in [0.2, 0.25) is 0 Å². The Morgan fingerprint density at radius 3 is 1.98 bits per heavy atom. The Hall–Kier alpha value is -5.80. The lowest BCUT2D eigenvalue weighted by Gasteiger charge is -2.31. The lowest BCUT2D eigenvalue weighted by Crippen LogP contribution is -2.13. The smallest absolute Gasteiger partial charge is 0.159 e. The summed E-state index contributed by atoms with van der Waals surface area (Å²) in [5, 5.41) is 2.45. The van der Waals surface area contributed by atoms with Gasteiger partial charge in [0.1, 0.15) is 0 Å². The Labute approximate surface area is 300 Å². The van der Waals surface area contributed by atoms with Crippen molar-refractivity contribution < 1.29 is 0 Å². The summed E-state index contributed by atoms with van der Waals surface area (Å²) in [5.74, 6) is 1.15. The normalized spacial score (nSPS) is 14.1. The van der Waals surface area contributed by atoms with Crippen LogP contribution < -0.4 is 0 Å². The molecule has 3 nitrogen and oxygen atoms in total. The molecule has 0 N–H and O–H groups in total. The second-order valence-electron chi connectivity index (χ2n) is 14.0. The molecule has 0 radical (unpaired) electrons. The zero-order valence-corrected chi connectivity index (χ0v) is 29.4. The Morgan fingerprint density at radius 1 is 0.725 bits per heavy atom. The van der Waals surface area contributed by atoms with Crippen LogP contribution in [0.4, 0.5) is 0 Å². The van der Waals surface area contributed by atoms with Gasteiger partial charge in [0.25, 0.3) is 0 Å². The number of allylic oxidation sites excluding steroid dienone is 2. The standard InChI is InChI=1S/C48H41N3/c1-4-31(2)46-42-21-9-6-16-37(42)38-17-7-10-22-43(38)47(46)41-20-8-5-15-36(41)32(3)33-25-27-34(28-26-33)48-49-29-35(30-50-48)51-44-23-13-11-18-39(44)40-19-12-14-24-45(40)51/h5,8-15,18-31H,3-4,6-7,16-17H2,1-2H3. The van der Waals surface area contributed by atoms with Crippen LogP contribution in [0.2, 0.25) is 0 Å². The van der Waals surface area contributed by atoms with Crippen LogP contribution in [-0.2, 0) is 12.8 Å². The Balaban J connectivity index is 1.08. The minimum Gasteiger partial charge on any atom is -0.306 e. The van der Waals surface area contributed by atoms with E-state index in [1.165, 1.54) is 44.2 Å². The molecule has 0 aliphatic heterocycles. The maximum absolute atomic E-state index is 4.85. The molecule has 0 spiro atoms. The number of aromatic nitrogens is 3. The van der Waals surface area contributed by atoms with Gasteiger partial charge >= 0.3 is 0 Å². The predicted molar refractivity (Wildman–Crippen MR) is 215 cm³/mol. The molecule has 248 valence electrons. The number of rotatable bonds is 7. The summed E-state index contributed by atoms with van der Waals surface area (Å²) in [6.07, 6.45) is 19.0. The molecule has 0 saturated heterocycles. The van der Waals surface area contributed by atoms with Crippen LogP contribution >= 0.6 is 0 Å². The van der Waals surface area contributed by atoms with Crippen LogP contribution in [0.1, 0.15) is 78.0 Å². The molecule has 2 aliphatic rings. The molecule has 7 aromatic rings.